The number of phenols is 2. The molecule has 11 heteroatoms. The third-order valence-electron chi connectivity index (χ3n) is 4.66. The molecule has 0 spiro atoms. The van der Waals surface area contributed by atoms with Crippen LogP contribution >= 0.6 is 0 Å². The van der Waals surface area contributed by atoms with Crippen LogP contribution in [0.3, 0.4) is 0 Å². The van der Waals surface area contributed by atoms with Crippen molar-refractivity contribution < 1.29 is 28.3 Å². The van der Waals surface area contributed by atoms with E-state index in [1.165, 1.54) is 18.2 Å². The van der Waals surface area contributed by atoms with E-state index in [1.807, 2.05) is 24.0 Å². The summed E-state index contributed by atoms with van der Waals surface area (Å²) in [6.45, 7) is 3.26. The zero-order valence-electron chi connectivity index (χ0n) is 16.6. The van der Waals surface area contributed by atoms with Crippen LogP contribution in [0, 0.1) is 0 Å². The summed E-state index contributed by atoms with van der Waals surface area (Å²) in [4.78, 5) is 1.62. The van der Waals surface area contributed by atoms with Crippen molar-refractivity contribution in [1.82, 2.24) is 0 Å². The molecule has 10 nitrogen and oxygen atoms in total. The van der Waals surface area contributed by atoms with E-state index >= 15 is 0 Å². The molecule has 0 saturated heterocycles. The number of aliphatic hydroxyl groups excluding tert-OH is 1. The summed E-state index contributed by atoms with van der Waals surface area (Å²) < 4.78 is 32.2. The molecule has 0 aliphatic heterocycles. The highest BCUT2D eigenvalue weighted by molar-refractivity contribution is 7.85. The van der Waals surface area contributed by atoms with Gasteiger partial charge in [-0.2, -0.15) is 8.42 Å². The Morgan fingerprint density at radius 2 is 1.77 bits per heavy atom. The van der Waals surface area contributed by atoms with E-state index in [1.54, 1.807) is 12.1 Å². The molecular weight excluding hydrogens is 424 g/mol. The van der Waals surface area contributed by atoms with Crippen molar-refractivity contribution in [2.24, 2.45) is 10.3 Å². The molecule has 0 bridgehead atoms. The van der Waals surface area contributed by atoms with E-state index in [2.05, 4.69) is 15.8 Å². The van der Waals surface area contributed by atoms with E-state index in [-0.39, 0.29) is 22.6 Å². The first-order valence-electron chi connectivity index (χ1n) is 9.33. The predicted molar refractivity (Wildman–Crippen MR) is 117 cm³/mol. The van der Waals surface area contributed by atoms with Crippen LogP contribution in [0.2, 0.25) is 0 Å². The molecule has 3 aromatic carbocycles. The molecule has 0 aliphatic carbocycles. The summed E-state index contributed by atoms with van der Waals surface area (Å²) in [5.74, 6) is -0.977. The Labute approximate surface area is 178 Å². The molecule has 0 heterocycles. The Kier molecular flexibility index (Phi) is 6.59. The highest BCUT2D eigenvalue weighted by Gasteiger charge is 2.16. The fourth-order valence-corrected chi connectivity index (χ4v) is 3.58. The maximum absolute atomic E-state index is 11.4. The summed E-state index contributed by atoms with van der Waals surface area (Å²) in [5, 5.41) is 37.7. The van der Waals surface area contributed by atoms with Crippen LogP contribution in [-0.2, 0) is 10.1 Å². The van der Waals surface area contributed by atoms with Crippen molar-refractivity contribution in [3.05, 3.63) is 48.5 Å². The number of aliphatic hydroxyl groups is 1. The fraction of sp³-hybridized carbons (Fsp3) is 0.200. The van der Waals surface area contributed by atoms with Gasteiger partial charge in [0.05, 0.1) is 17.2 Å². The Morgan fingerprint density at radius 1 is 1.06 bits per heavy atom. The molecule has 0 atom stereocenters. The second-order valence-electron chi connectivity index (χ2n) is 6.61. The standard InChI is InChI=1S/C20H22N4O6S/c1-2-24(9-10-25)15-6-4-14(5-7-15)21-23-22-19-17-12-16(31(28,29)30)8-3-13(17)11-18(26)20(19)27/h3-8,11-12,25-27H,2,9-10H2,1H3,(H,21,22)(H,28,29,30). The first-order valence-corrected chi connectivity index (χ1v) is 10.8. The minimum absolute atomic E-state index is 0.0416. The molecule has 0 saturated carbocycles. The van der Waals surface area contributed by atoms with Crippen LogP contribution < -0.4 is 10.3 Å². The number of anilines is 2. The van der Waals surface area contributed by atoms with E-state index in [0.717, 1.165) is 18.3 Å². The maximum Gasteiger partial charge on any atom is 0.294 e. The van der Waals surface area contributed by atoms with Gasteiger partial charge in [-0.05, 0) is 54.8 Å². The number of rotatable bonds is 8. The molecule has 31 heavy (non-hydrogen) atoms. The fourth-order valence-electron chi connectivity index (χ4n) is 3.08. The number of benzene rings is 3. The zero-order valence-corrected chi connectivity index (χ0v) is 17.4. The van der Waals surface area contributed by atoms with Crippen molar-refractivity contribution >= 4 is 38.0 Å². The highest BCUT2D eigenvalue weighted by atomic mass is 32.2. The summed E-state index contributed by atoms with van der Waals surface area (Å²) in [7, 11) is -4.46. The topological polar surface area (TPSA) is 155 Å². The van der Waals surface area contributed by atoms with Gasteiger partial charge in [-0.3, -0.25) is 9.98 Å². The van der Waals surface area contributed by atoms with Crippen LogP contribution in [0.15, 0.2) is 63.8 Å². The summed E-state index contributed by atoms with van der Waals surface area (Å²) in [6, 6.07) is 12.1. The highest BCUT2D eigenvalue weighted by Crippen LogP contribution is 2.41. The van der Waals surface area contributed by atoms with Gasteiger partial charge >= 0.3 is 0 Å². The predicted octanol–water partition coefficient (Wildman–Crippen LogP) is 3.43. The van der Waals surface area contributed by atoms with Gasteiger partial charge in [0.1, 0.15) is 5.69 Å². The van der Waals surface area contributed by atoms with Crippen molar-refractivity contribution in [1.29, 1.82) is 0 Å². The number of hydrogen-bond donors (Lipinski definition) is 5. The van der Waals surface area contributed by atoms with Crippen LogP contribution in [0.25, 0.3) is 10.8 Å². The smallest absolute Gasteiger partial charge is 0.294 e. The number of hydrogen-bond acceptors (Lipinski definition) is 8. The Hall–Kier alpha value is -3.41. The number of likely N-dealkylation sites (N-methyl/N-ethyl adjacent to an activating group) is 1. The number of aromatic hydroxyl groups is 2. The lowest BCUT2D eigenvalue weighted by Crippen LogP contribution is -2.25. The van der Waals surface area contributed by atoms with Crippen LogP contribution in [0.5, 0.6) is 11.5 Å². The third kappa shape index (κ3) is 5.02. The van der Waals surface area contributed by atoms with E-state index in [0.29, 0.717) is 17.6 Å². The average molecular weight is 446 g/mol. The Morgan fingerprint density at radius 3 is 2.39 bits per heavy atom. The summed E-state index contributed by atoms with van der Waals surface area (Å²) >= 11 is 0. The molecule has 0 amide bonds. The molecule has 5 N–H and O–H groups in total. The molecule has 0 aliphatic rings. The molecule has 0 aromatic heterocycles. The molecule has 0 fully saturated rings. The van der Waals surface area contributed by atoms with Gasteiger partial charge in [0.2, 0.25) is 0 Å². The molecule has 3 aromatic rings. The zero-order chi connectivity index (χ0) is 22.6. The van der Waals surface area contributed by atoms with Gasteiger partial charge in [0.15, 0.2) is 11.5 Å². The second kappa shape index (κ2) is 9.16. The van der Waals surface area contributed by atoms with Crippen LogP contribution in [0.4, 0.5) is 17.1 Å². The summed E-state index contributed by atoms with van der Waals surface area (Å²) in [5.41, 5.74) is 3.87. The van der Waals surface area contributed by atoms with Crippen molar-refractivity contribution in [3.63, 3.8) is 0 Å². The number of nitrogens with zero attached hydrogens (tertiary/aromatic N) is 3. The SMILES string of the molecule is CCN(CCO)c1ccc(N=NNc2c(O)c(O)cc3ccc(S(=O)(=O)O)cc23)cc1. The average Bonchev–Trinajstić information content (AvgIpc) is 2.74. The van der Waals surface area contributed by atoms with Gasteiger partial charge < -0.3 is 20.2 Å². The first-order chi connectivity index (χ1) is 14.7. The molecule has 164 valence electrons. The number of fused-ring (bicyclic) bond motifs is 1. The monoisotopic (exact) mass is 446 g/mol. The molecule has 0 radical (unpaired) electrons. The van der Waals surface area contributed by atoms with Gasteiger partial charge in [0.25, 0.3) is 10.1 Å². The normalized spacial score (nSPS) is 11.8. The quantitative estimate of drug-likeness (QED) is 0.153. The van der Waals surface area contributed by atoms with Crippen LogP contribution in [0.1, 0.15) is 6.92 Å². The van der Waals surface area contributed by atoms with Crippen LogP contribution in [-0.4, -0.2) is 48.0 Å². The van der Waals surface area contributed by atoms with Crippen molar-refractivity contribution in [2.75, 3.05) is 30.0 Å². The van der Waals surface area contributed by atoms with Crippen molar-refractivity contribution in [3.8, 4) is 11.5 Å². The summed E-state index contributed by atoms with van der Waals surface area (Å²) in [6.07, 6.45) is 0. The second-order valence-corrected chi connectivity index (χ2v) is 8.03. The maximum atomic E-state index is 11.4. The number of phenolic OH excluding ortho intramolecular Hbond substituents is 2. The lowest BCUT2D eigenvalue weighted by atomic mass is 10.1. The molecule has 3 rings (SSSR count). The lowest BCUT2D eigenvalue weighted by molar-refractivity contribution is 0.302. The minimum atomic E-state index is -4.46. The van der Waals surface area contributed by atoms with Gasteiger partial charge in [0, 0.05) is 24.2 Å². The first kappa shape index (κ1) is 22.3. The Bertz CT molecular complexity index is 1210. The largest absolute Gasteiger partial charge is 0.504 e. The van der Waals surface area contributed by atoms with Gasteiger partial charge in [-0.25, -0.2) is 0 Å². The molecular formula is C20H22N4O6S. The van der Waals surface area contributed by atoms with E-state index < -0.39 is 21.6 Å². The van der Waals surface area contributed by atoms with Gasteiger partial charge in [-0.1, -0.05) is 11.3 Å². The van der Waals surface area contributed by atoms with E-state index in [9.17, 15) is 23.2 Å². The Balaban J connectivity index is 1.89. The van der Waals surface area contributed by atoms with Crippen molar-refractivity contribution in [2.45, 2.75) is 11.8 Å². The molecule has 0 unspecified atom stereocenters. The third-order valence-corrected chi connectivity index (χ3v) is 5.51. The number of nitrogens with one attached hydrogen (secondary N) is 1. The minimum Gasteiger partial charge on any atom is -0.504 e. The lowest BCUT2D eigenvalue weighted by Gasteiger charge is -2.21. The van der Waals surface area contributed by atoms with E-state index in [4.69, 9.17) is 5.11 Å². The van der Waals surface area contributed by atoms with Gasteiger partial charge in [-0.15, -0.1) is 5.11 Å².